The van der Waals surface area contributed by atoms with E-state index in [4.69, 9.17) is 0 Å². The third-order valence-corrected chi connectivity index (χ3v) is 3.11. The van der Waals surface area contributed by atoms with Crippen molar-refractivity contribution in [1.82, 2.24) is 10.2 Å². The van der Waals surface area contributed by atoms with Crippen molar-refractivity contribution in [2.45, 2.75) is 52.4 Å². The molecule has 0 aliphatic heterocycles. The maximum Gasteiger partial charge on any atom is 0.165 e. The highest BCUT2D eigenvalue weighted by Crippen LogP contribution is 2.32. The average Bonchev–Trinajstić information content (AvgIpc) is 2.59. The molecule has 0 saturated carbocycles. The predicted octanol–water partition coefficient (Wildman–Crippen LogP) is 2.85. The van der Waals surface area contributed by atoms with E-state index in [9.17, 15) is 4.79 Å². The highest BCUT2D eigenvalue weighted by atomic mass is 16.1. The van der Waals surface area contributed by atoms with Gasteiger partial charge in [0.05, 0.1) is 11.4 Å². The number of hydrogen-bond donors (Lipinski definition) is 0. The number of carbonyl (C=O) groups excluding carboxylic acids is 1. The highest BCUT2D eigenvalue weighted by molar-refractivity contribution is 6.01. The van der Waals surface area contributed by atoms with Gasteiger partial charge in [0.25, 0.3) is 0 Å². The molecule has 0 radical (unpaired) electrons. The van der Waals surface area contributed by atoms with E-state index in [0.717, 1.165) is 28.9 Å². The van der Waals surface area contributed by atoms with Crippen molar-refractivity contribution in [2.24, 2.45) is 0 Å². The zero-order valence-electron chi connectivity index (χ0n) is 10.4. The molecule has 1 aliphatic carbocycles. The van der Waals surface area contributed by atoms with Crippen molar-refractivity contribution < 1.29 is 4.79 Å². The van der Waals surface area contributed by atoms with Gasteiger partial charge in [-0.3, -0.25) is 4.79 Å². The Hall–Kier alpha value is -1.25. The summed E-state index contributed by atoms with van der Waals surface area (Å²) in [5, 5.41) is 8.55. The van der Waals surface area contributed by atoms with Crippen LogP contribution in [0.3, 0.4) is 0 Å². The molecule has 0 aromatic carbocycles. The summed E-state index contributed by atoms with van der Waals surface area (Å²) >= 11 is 0. The van der Waals surface area contributed by atoms with Crippen LogP contribution in [0.5, 0.6) is 0 Å². The molecule has 0 saturated heterocycles. The van der Waals surface area contributed by atoms with Crippen molar-refractivity contribution in [2.75, 3.05) is 0 Å². The van der Waals surface area contributed by atoms with Crippen LogP contribution < -0.4 is 0 Å². The van der Waals surface area contributed by atoms with Gasteiger partial charge in [-0.15, -0.1) is 0 Å². The Bertz CT molecular complexity index is 436. The van der Waals surface area contributed by atoms with Gasteiger partial charge in [-0.05, 0) is 23.8 Å². The van der Waals surface area contributed by atoms with E-state index in [1.165, 1.54) is 0 Å². The number of fused-ring (bicyclic) bond motifs is 1. The number of hydrogen-bond acceptors (Lipinski definition) is 3. The minimum Gasteiger partial charge on any atom is -0.294 e. The van der Waals surface area contributed by atoms with Crippen LogP contribution in [0, 0.1) is 0 Å². The van der Waals surface area contributed by atoms with Gasteiger partial charge >= 0.3 is 0 Å². The zero-order valence-corrected chi connectivity index (χ0v) is 10.4. The fourth-order valence-corrected chi connectivity index (χ4v) is 2.30. The second kappa shape index (κ2) is 3.96. The van der Waals surface area contributed by atoms with Crippen LogP contribution in [0.2, 0.25) is 0 Å². The summed E-state index contributed by atoms with van der Waals surface area (Å²) in [5.41, 5.74) is 3.90. The molecule has 1 aromatic heterocycles. The molecule has 1 aliphatic rings. The van der Waals surface area contributed by atoms with Crippen molar-refractivity contribution >= 4 is 5.78 Å². The summed E-state index contributed by atoms with van der Waals surface area (Å²) < 4.78 is 0. The van der Waals surface area contributed by atoms with Crippen LogP contribution in [0.25, 0.3) is 0 Å². The Balaban J connectivity index is 2.64. The summed E-state index contributed by atoms with van der Waals surface area (Å²) in [6.45, 7) is 8.32. The average molecular weight is 218 g/mol. The molecule has 3 nitrogen and oxygen atoms in total. The lowest BCUT2D eigenvalue weighted by molar-refractivity contribution is 0.0993. The molecule has 86 valence electrons. The number of rotatable bonds is 2. The van der Waals surface area contributed by atoms with Gasteiger partial charge in [0.2, 0.25) is 0 Å². The van der Waals surface area contributed by atoms with Crippen molar-refractivity contribution in [3.05, 3.63) is 22.5 Å². The minimum absolute atomic E-state index is 0.246. The third-order valence-electron chi connectivity index (χ3n) is 3.11. The number of ketones is 1. The fourth-order valence-electron chi connectivity index (χ4n) is 2.30. The Morgan fingerprint density at radius 1 is 0.938 bits per heavy atom. The molecule has 3 heteroatoms. The molecule has 1 aromatic rings. The van der Waals surface area contributed by atoms with Crippen LogP contribution in [-0.4, -0.2) is 16.0 Å². The molecule has 0 N–H and O–H groups in total. The third kappa shape index (κ3) is 1.64. The molecule has 0 spiro atoms. The van der Waals surface area contributed by atoms with E-state index < -0.39 is 0 Å². The lowest BCUT2D eigenvalue weighted by Gasteiger charge is -2.13. The first-order chi connectivity index (χ1) is 7.52. The maximum absolute atomic E-state index is 11.9. The lowest BCUT2D eigenvalue weighted by Crippen LogP contribution is -2.10. The monoisotopic (exact) mass is 218 g/mol. The quantitative estimate of drug-likeness (QED) is 0.766. The first-order valence-corrected chi connectivity index (χ1v) is 5.95. The summed E-state index contributed by atoms with van der Waals surface area (Å²) in [5.74, 6) is 0.855. The molecule has 0 fully saturated rings. The number of Topliss-reactive ketones (excluding diaryl/α,β-unsaturated/α-hetero) is 1. The Kier molecular flexibility index (Phi) is 2.78. The van der Waals surface area contributed by atoms with Gasteiger partial charge in [-0.1, -0.05) is 27.7 Å². The Morgan fingerprint density at radius 3 is 2.06 bits per heavy atom. The van der Waals surface area contributed by atoms with E-state index in [-0.39, 0.29) is 11.7 Å². The highest BCUT2D eigenvalue weighted by Gasteiger charge is 2.29. The smallest absolute Gasteiger partial charge is 0.165 e. The van der Waals surface area contributed by atoms with E-state index in [0.29, 0.717) is 12.3 Å². The standard InChI is InChI=1S/C13H18N2O/c1-7(2)12-9-5-6-10(16)11(9)13(8(3)4)15-14-12/h7-8H,5-6H2,1-4H3. The van der Waals surface area contributed by atoms with Crippen molar-refractivity contribution in [3.63, 3.8) is 0 Å². The Morgan fingerprint density at radius 2 is 1.50 bits per heavy atom. The SMILES string of the molecule is CC(C)c1nnc(C(C)C)c2c1CCC2=O. The van der Waals surface area contributed by atoms with Crippen LogP contribution in [0.1, 0.15) is 73.3 Å². The number of aromatic nitrogens is 2. The summed E-state index contributed by atoms with van der Waals surface area (Å²) in [7, 11) is 0. The van der Waals surface area contributed by atoms with Gasteiger partial charge in [-0.25, -0.2) is 0 Å². The summed E-state index contributed by atoms with van der Waals surface area (Å²) in [4.78, 5) is 11.9. The Labute approximate surface area is 96.3 Å². The molecule has 2 rings (SSSR count). The van der Waals surface area contributed by atoms with Gasteiger partial charge in [0, 0.05) is 12.0 Å². The predicted molar refractivity (Wildman–Crippen MR) is 62.9 cm³/mol. The molecule has 0 atom stereocenters. The van der Waals surface area contributed by atoms with Gasteiger partial charge in [0.1, 0.15) is 0 Å². The normalized spacial score (nSPS) is 15.0. The topological polar surface area (TPSA) is 42.9 Å². The van der Waals surface area contributed by atoms with Crippen LogP contribution in [0.15, 0.2) is 0 Å². The molecule has 0 bridgehead atoms. The van der Waals surface area contributed by atoms with Crippen molar-refractivity contribution in [1.29, 1.82) is 0 Å². The molecular weight excluding hydrogens is 200 g/mol. The molecular formula is C13H18N2O. The first kappa shape index (κ1) is 11.2. The van der Waals surface area contributed by atoms with E-state index in [1.807, 2.05) is 0 Å². The second-order valence-electron chi connectivity index (χ2n) is 5.06. The molecule has 0 amide bonds. The summed E-state index contributed by atoms with van der Waals surface area (Å²) in [6.07, 6.45) is 1.47. The van der Waals surface area contributed by atoms with Gasteiger partial charge in [-0.2, -0.15) is 10.2 Å². The van der Waals surface area contributed by atoms with Crippen LogP contribution in [-0.2, 0) is 6.42 Å². The molecule has 1 heterocycles. The van der Waals surface area contributed by atoms with Gasteiger partial charge < -0.3 is 0 Å². The van der Waals surface area contributed by atoms with E-state index >= 15 is 0 Å². The van der Waals surface area contributed by atoms with Crippen molar-refractivity contribution in [3.8, 4) is 0 Å². The fraction of sp³-hybridized carbons (Fsp3) is 0.615. The van der Waals surface area contributed by atoms with Crippen LogP contribution in [0.4, 0.5) is 0 Å². The zero-order chi connectivity index (χ0) is 11.9. The van der Waals surface area contributed by atoms with E-state index in [2.05, 4.69) is 37.9 Å². The minimum atomic E-state index is 0.246. The number of carbonyl (C=O) groups is 1. The second-order valence-corrected chi connectivity index (χ2v) is 5.06. The lowest BCUT2D eigenvalue weighted by atomic mass is 9.96. The summed E-state index contributed by atoms with van der Waals surface area (Å²) in [6, 6.07) is 0. The molecule has 16 heavy (non-hydrogen) atoms. The van der Waals surface area contributed by atoms with Crippen LogP contribution >= 0.6 is 0 Å². The van der Waals surface area contributed by atoms with E-state index in [1.54, 1.807) is 0 Å². The first-order valence-electron chi connectivity index (χ1n) is 5.95. The number of nitrogens with zero attached hydrogens (tertiary/aromatic N) is 2. The largest absolute Gasteiger partial charge is 0.294 e. The maximum atomic E-state index is 11.9. The molecule has 0 unspecified atom stereocenters. The van der Waals surface area contributed by atoms with Gasteiger partial charge in [0.15, 0.2) is 5.78 Å².